The maximum atomic E-state index is 13.1. The number of thiazole rings is 1. The van der Waals surface area contributed by atoms with Crippen molar-refractivity contribution in [3.05, 3.63) is 69.7 Å². The zero-order valence-electron chi connectivity index (χ0n) is 18.3. The molecule has 0 atom stereocenters. The van der Waals surface area contributed by atoms with E-state index in [1.807, 2.05) is 51.7 Å². The average Bonchev–Trinajstić information content (AvgIpc) is 3.52. The molecular weight excluding hydrogens is 488 g/mol. The Morgan fingerprint density at radius 3 is 2.88 bits per heavy atom. The fourth-order valence-corrected chi connectivity index (χ4v) is 6.02. The number of hydrazone groups is 1. The number of imidazole rings is 1. The maximum absolute atomic E-state index is 13.1. The topological polar surface area (TPSA) is 93.7 Å². The van der Waals surface area contributed by atoms with Crippen LogP contribution in [0.3, 0.4) is 0 Å². The molecule has 8 nitrogen and oxygen atoms in total. The number of amides is 1. The number of thioether (sulfide) groups is 1. The number of benzene rings is 1. The molecule has 0 saturated carbocycles. The smallest absolute Gasteiger partial charge is 0.263 e. The highest BCUT2D eigenvalue weighted by Crippen LogP contribution is 2.30. The van der Waals surface area contributed by atoms with E-state index in [-0.39, 0.29) is 12.1 Å². The second-order valence-electron chi connectivity index (χ2n) is 7.69. The van der Waals surface area contributed by atoms with Gasteiger partial charge in [-0.25, -0.2) is 15.4 Å². The fourth-order valence-electron chi connectivity index (χ4n) is 3.48. The molecule has 1 N–H and O–H groups in total. The van der Waals surface area contributed by atoms with Crippen LogP contribution >= 0.6 is 34.4 Å². The lowest BCUT2D eigenvalue weighted by Crippen LogP contribution is -2.30. The van der Waals surface area contributed by atoms with E-state index < -0.39 is 5.91 Å². The van der Waals surface area contributed by atoms with E-state index in [1.54, 1.807) is 18.0 Å². The van der Waals surface area contributed by atoms with E-state index in [0.29, 0.717) is 15.5 Å². The van der Waals surface area contributed by atoms with Gasteiger partial charge >= 0.3 is 0 Å². The zero-order valence-corrected chi connectivity index (χ0v) is 20.8. The van der Waals surface area contributed by atoms with Gasteiger partial charge < -0.3 is 0 Å². The highest BCUT2D eigenvalue weighted by molar-refractivity contribution is 7.99. The van der Waals surface area contributed by atoms with Crippen LogP contribution in [0, 0.1) is 0 Å². The molecule has 0 saturated heterocycles. The lowest BCUT2D eigenvalue weighted by atomic mass is 10.1. The van der Waals surface area contributed by atoms with Crippen molar-refractivity contribution in [1.29, 1.82) is 0 Å². The number of hydrogen-bond acceptors (Lipinski definition) is 8. The Kier molecular flexibility index (Phi) is 6.31. The molecule has 5 aromatic rings. The van der Waals surface area contributed by atoms with Crippen LogP contribution in [-0.4, -0.2) is 36.3 Å². The van der Waals surface area contributed by atoms with Crippen LogP contribution in [0.1, 0.15) is 19.5 Å². The van der Waals surface area contributed by atoms with E-state index in [0.717, 1.165) is 26.8 Å². The van der Waals surface area contributed by atoms with Crippen molar-refractivity contribution >= 4 is 61.7 Å². The summed E-state index contributed by atoms with van der Waals surface area (Å²) in [5.74, 6) is -0.417. The van der Waals surface area contributed by atoms with Crippen molar-refractivity contribution < 1.29 is 4.79 Å². The molecule has 0 aliphatic rings. The second-order valence-corrected chi connectivity index (χ2v) is 11.0. The van der Waals surface area contributed by atoms with Gasteiger partial charge in [0.05, 0.1) is 17.9 Å². The second kappa shape index (κ2) is 9.53. The Hall–Kier alpha value is -3.28. The van der Waals surface area contributed by atoms with Gasteiger partial charge in [-0.1, -0.05) is 44.2 Å². The van der Waals surface area contributed by atoms with Crippen LogP contribution in [0.15, 0.2) is 68.5 Å². The third-order valence-corrected chi connectivity index (χ3v) is 7.59. The van der Waals surface area contributed by atoms with Gasteiger partial charge in [0, 0.05) is 27.8 Å². The molecule has 0 fully saturated rings. The summed E-state index contributed by atoms with van der Waals surface area (Å²) in [4.78, 5) is 36.2. The molecule has 0 aliphatic heterocycles. The number of carbonyl (C=O) groups excluding carboxylic acids is 1. The Balaban J connectivity index is 1.36. The molecule has 5 rings (SSSR count). The van der Waals surface area contributed by atoms with Crippen molar-refractivity contribution in [2.45, 2.75) is 30.7 Å². The third kappa shape index (κ3) is 4.41. The van der Waals surface area contributed by atoms with Crippen molar-refractivity contribution in [1.82, 2.24) is 24.4 Å². The van der Waals surface area contributed by atoms with E-state index in [2.05, 4.69) is 34.3 Å². The zero-order chi connectivity index (χ0) is 23.7. The van der Waals surface area contributed by atoms with Crippen LogP contribution in [0.25, 0.3) is 26.3 Å². The van der Waals surface area contributed by atoms with E-state index >= 15 is 0 Å². The summed E-state index contributed by atoms with van der Waals surface area (Å²) in [6, 6.07) is 9.68. The number of rotatable bonds is 7. The summed E-state index contributed by atoms with van der Waals surface area (Å²) in [7, 11) is 0. The Morgan fingerprint density at radius 2 is 2.09 bits per heavy atom. The van der Waals surface area contributed by atoms with Crippen LogP contribution in [0.5, 0.6) is 0 Å². The van der Waals surface area contributed by atoms with Gasteiger partial charge in [0.15, 0.2) is 4.96 Å². The van der Waals surface area contributed by atoms with Crippen LogP contribution in [-0.2, 0) is 11.3 Å². The lowest BCUT2D eigenvalue weighted by Gasteiger charge is -2.05. The maximum Gasteiger partial charge on any atom is 0.263 e. The van der Waals surface area contributed by atoms with Gasteiger partial charge in [-0.3, -0.25) is 18.6 Å². The number of thiophene rings is 1. The number of nitrogens with zero attached hydrogens (tertiary/aromatic N) is 5. The van der Waals surface area contributed by atoms with E-state index in [1.165, 1.54) is 33.6 Å². The minimum absolute atomic E-state index is 0.183. The van der Waals surface area contributed by atoms with Crippen molar-refractivity contribution in [3.63, 3.8) is 0 Å². The first-order valence-electron chi connectivity index (χ1n) is 10.5. The number of hydrogen-bond donors (Lipinski definition) is 1. The van der Waals surface area contributed by atoms with Crippen LogP contribution in [0.2, 0.25) is 0 Å². The monoisotopic (exact) mass is 508 g/mol. The molecule has 0 bridgehead atoms. The molecule has 0 aliphatic carbocycles. The molecule has 4 aromatic heterocycles. The normalized spacial score (nSPS) is 11.9. The third-order valence-electron chi connectivity index (χ3n) is 4.95. The Morgan fingerprint density at radius 1 is 1.26 bits per heavy atom. The number of carbonyl (C=O) groups is 1. The molecule has 34 heavy (non-hydrogen) atoms. The minimum Gasteiger partial charge on any atom is -0.289 e. The molecule has 0 radical (unpaired) electrons. The number of nitrogens with one attached hydrogen (secondary N) is 1. The quantitative estimate of drug-likeness (QED) is 0.199. The minimum atomic E-state index is -0.417. The highest BCUT2D eigenvalue weighted by Gasteiger charge is 2.16. The van der Waals surface area contributed by atoms with Crippen LogP contribution < -0.4 is 11.0 Å². The first-order valence-corrected chi connectivity index (χ1v) is 13.1. The molecule has 1 aromatic carbocycles. The largest absolute Gasteiger partial charge is 0.289 e. The summed E-state index contributed by atoms with van der Waals surface area (Å²) >= 11 is 4.59. The Labute approximate surface area is 207 Å². The summed E-state index contributed by atoms with van der Waals surface area (Å²) in [5, 5.41) is 9.74. The highest BCUT2D eigenvalue weighted by atomic mass is 32.2. The first kappa shape index (κ1) is 22.5. The van der Waals surface area contributed by atoms with Gasteiger partial charge in [0.25, 0.3) is 11.5 Å². The molecule has 11 heteroatoms. The van der Waals surface area contributed by atoms with Gasteiger partial charge in [0.1, 0.15) is 22.1 Å². The SMILES string of the molecule is CC(C)Sc1nc2sccn2c1/C=N/NC(=O)Cn1cnc2scc(-c3ccccc3)c2c1=O. The van der Waals surface area contributed by atoms with Crippen molar-refractivity contribution in [3.8, 4) is 11.1 Å². The molecule has 0 spiro atoms. The average molecular weight is 509 g/mol. The summed E-state index contributed by atoms with van der Waals surface area (Å²) in [5.41, 5.74) is 4.83. The fraction of sp³-hybridized carbons (Fsp3) is 0.174. The van der Waals surface area contributed by atoms with Gasteiger partial charge in [0.2, 0.25) is 0 Å². The number of fused-ring (bicyclic) bond motifs is 2. The first-order chi connectivity index (χ1) is 16.5. The molecule has 0 unspecified atom stereocenters. The van der Waals surface area contributed by atoms with Gasteiger partial charge in [-0.15, -0.1) is 34.4 Å². The molecule has 1 amide bonds. The van der Waals surface area contributed by atoms with Gasteiger partial charge in [-0.05, 0) is 5.56 Å². The molecular formula is C23H20N6O2S3. The van der Waals surface area contributed by atoms with Crippen LogP contribution in [0.4, 0.5) is 0 Å². The predicted octanol–water partition coefficient (Wildman–Crippen LogP) is 4.49. The molecule has 4 heterocycles. The van der Waals surface area contributed by atoms with Crippen molar-refractivity contribution in [2.75, 3.05) is 0 Å². The predicted molar refractivity (Wildman–Crippen MR) is 139 cm³/mol. The Bertz CT molecular complexity index is 1560. The summed E-state index contributed by atoms with van der Waals surface area (Å²) in [6.45, 7) is 4.01. The summed E-state index contributed by atoms with van der Waals surface area (Å²) in [6.07, 6.45) is 4.92. The number of aromatic nitrogens is 4. The van der Waals surface area contributed by atoms with E-state index in [9.17, 15) is 9.59 Å². The standard InChI is InChI=1S/C23H20N6O2S3/c1-14(2)34-20-17(29-8-9-32-23(29)26-20)10-25-27-18(30)11-28-13-24-21-19(22(28)31)16(12-33-21)15-6-4-3-5-7-15/h3-10,12-14H,11H2,1-2H3,(H,27,30)/b25-10+. The molecule has 172 valence electrons. The van der Waals surface area contributed by atoms with E-state index in [4.69, 9.17) is 0 Å². The summed E-state index contributed by atoms with van der Waals surface area (Å²) < 4.78 is 3.25. The van der Waals surface area contributed by atoms with Crippen molar-refractivity contribution in [2.24, 2.45) is 5.10 Å². The lowest BCUT2D eigenvalue weighted by molar-refractivity contribution is -0.121. The van der Waals surface area contributed by atoms with Gasteiger partial charge in [-0.2, -0.15) is 5.10 Å².